The van der Waals surface area contributed by atoms with Gasteiger partial charge in [0.1, 0.15) is 5.82 Å². The van der Waals surface area contributed by atoms with Crippen molar-refractivity contribution in [3.8, 4) is 0 Å². The number of aromatic nitrogens is 1. The number of nitrogens with one attached hydrogen (secondary N) is 2. The van der Waals surface area contributed by atoms with E-state index in [4.69, 9.17) is 4.74 Å². The van der Waals surface area contributed by atoms with Crippen LogP contribution in [0.15, 0.2) is 66.9 Å². The molecule has 6 nitrogen and oxygen atoms in total. The fourth-order valence-corrected chi connectivity index (χ4v) is 2.77. The van der Waals surface area contributed by atoms with Crippen LogP contribution >= 0.6 is 0 Å². The van der Waals surface area contributed by atoms with E-state index in [0.717, 1.165) is 17.7 Å². The molecule has 1 heterocycles. The number of carbonyl (C=O) groups is 2. The zero-order chi connectivity index (χ0) is 19.9. The quantitative estimate of drug-likeness (QED) is 0.623. The molecule has 0 bridgehead atoms. The molecule has 1 amide bonds. The van der Waals surface area contributed by atoms with Crippen LogP contribution in [-0.4, -0.2) is 24.0 Å². The van der Waals surface area contributed by atoms with Crippen molar-refractivity contribution in [2.24, 2.45) is 0 Å². The molecule has 1 aromatic heterocycles. The van der Waals surface area contributed by atoms with Gasteiger partial charge in [0.05, 0.1) is 12.7 Å². The number of aryl methyl sites for hydroxylation is 1. The van der Waals surface area contributed by atoms with Crippen LogP contribution in [0.4, 0.5) is 17.2 Å². The minimum Gasteiger partial charge on any atom is -0.465 e. The molecular weight excluding hydrogens is 354 g/mol. The molecule has 0 radical (unpaired) electrons. The Morgan fingerprint density at radius 3 is 2.61 bits per heavy atom. The molecule has 0 saturated heterocycles. The van der Waals surface area contributed by atoms with Crippen LogP contribution in [0.3, 0.4) is 0 Å². The van der Waals surface area contributed by atoms with Crippen molar-refractivity contribution in [2.45, 2.75) is 13.3 Å². The molecular formula is C22H21N3O3. The minimum atomic E-state index is -0.417. The Morgan fingerprint density at radius 1 is 1.00 bits per heavy atom. The van der Waals surface area contributed by atoms with E-state index in [1.54, 1.807) is 42.6 Å². The molecule has 6 heteroatoms. The molecule has 0 unspecified atom stereocenters. The van der Waals surface area contributed by atoms with E-state index in [-0.39, 0.29) is 5.91 Å². The molecule has 3 aromatic rings. The molecule has 2 N–H and O–H groups in total. The van der Waals surface area contributed by atoms with E-state index >= 15 is 0 Å². The highest BCUT2D eigenvalue weighted by molar-refractivity contribution is 6.05. The van der Waals surface area contributed by atoms with Gasteiger partial charge < -0.3 is 15.4 Å². The summed E-state index contributed by atoms with van der Waals surface area (Å²) >= 11 is 0. The van der Waals surface area contributed by atoms with E-state index in [2.05, 4.69) is 15.6 Å². The van der Waals surface area contributed by atoms with Crippen LogP contribution in [0.5, 0.6) is 0 Å². The van der Waals surface area contributed by atoms with Gasteiger partial charge in [-0.3, -0.25) is 4.79 Å². The molecule has 28 heavy (non-hydrogen) atoms. The Balaban J connectivity index is 1.77. The fourth-order valence-electron chi connectivity index (χ4n) is 2.77. The zero-order valence-corrected chi connectivity index (χ0v) is 15.7. The van der Waals surface area contributed by atoms with Gasteiger partial charge in [0.25, 0.3) is 5.91 Å². The molecule has 2 aromatic carbocycles. The van der Waals surface area contributed by atoms with Crippen LogP contribution in [-0.2, 0) is 11.2 Å². The lowest BCUT2D eigenvalue weighted by molar-refractivity contribution is 0.0600. The smallest absolute Gasteiger partial charge is 0.337 e. The Labute approximate surface area is 163 Å². The van der Waals surface area contributed by atoms with E-state index < -0.39 is 5.97 Å². The summed E-state index contributed by atoms with van der Waals surface area (Å²) in [5, 5.41) is 6.05. The van der Waals surface area contributed by atoms with Gasteiger partial charge >= 0.3 is 5.97 Å². The lowest BCUT2D eigenvalue weighted by atomic mass is 10.1. The molecule has 142 valence electrons. The number of anilines is 3. The average Bonchev–Trinajstić information content (AvgIpc) is 2.74. The second-order valence-electron chi connectivity index (χ2n) is 6.09. The van der Waals surface area contributed by atoms with Crippen LogP contribution in [0.25, 0.3) is 0 Å². The largest absolute Gasteiger partial charge is 0.465 e. The Hall–Kier alpha value is -3.67. The van der Waals surface area contributed by atoms with Crippen LogP contribution < -0.4 is 10.6 Å². The Kier molecular flexibility index (Phi) is 6.01. The van der Waals surface area contributed by atoms with E-state index in [0.29, 0.717) is 22.6 Å². The van der Waals surface area contributed by atoms with Crippen molar-refractivity contribution in [1.82, 2.24) is 4.98 Å². The van der Waals surface area contributed by atoms with Crippen molar-refractivity contribution in [3.63, 3.8) is 0 Å². The summed E-state index contributed by atoms with van der Waals surface area (Å²) in [5.74, 6) is -0.132. The van der Waals surface area contributed by atoms with Crippen LogP contribution in [0, 0.1) is 0 Å². The number of methoxy groups -OCH3 is 1. The van der Waals surface area contributed by atoms with Crippen LogP contribution in [0.2, 0.25) is 0 Å². The summed E-state index contributed by atoms with van der Waals surface area (Å²) in [7, 11) is 1.34. The second-order valence-corrected chi connectivity index (χ2v) is 6.09. The topological polar surface area (TPSA) is 80.3 Å². The average molecular weight is 375 g/mol. The van der Waals surface area contributed by atoms with Gasteiger partial charge in [-0.15, -0.1) is 0 Å². The highest BCUT2D eigenvalue weighted by Crippen LogP contribution is 2.20. The zero-order valence-electron chi connectivity index (χ0n) is 15.7. The summed E-state index contributed by atoms with van der Waals surface area (Å²) in [6.45, 7) is 2.04. The maximum absolute atomic E-state index is 12.6. The highest BCUT2D eigenvalue weighted by atomic mass is 16.5. The first-order valence-electron chi connectivity index (χ1n) is 8.91. The van der Waals surface area contributed by atoms with Crippen LogP contribution in [0.1, 0.15) is 33.2 Å². The summed E-state index contributed by atoms with van der Waals surface area (Å²) in [6.07, 6.45) is 2.39. The molecule has 0 atom stereocenters. The molecule has 0 aliphatic carbocycles. The predicted octanol–water partition coefficient (Wildman–Crippen LogP) is 4.43. The Bertz CT molecular complexity index is 1000. The maximum atomic E-state index is 12.6. The maximum Gasteiger partial charge on any atom is 0.337 e. The number of benzene rings is 2. The molecule has 0 spiro atoms. The number of para-hydroxylation sites is 1. The van der Waals surface area contributed by atoms with Crippen molar-refractivity contribution >= 4 is 29.1 Å². The third-order valence-electron chi connectivity index (χ3n) is 4.22. The monoisotopic (exact) mass is 375 g/mol. The predicted molar refractivity (Wildman–Crippen MR) is 109 cm³/mol. The number of nitrogens with zero attached hydrogens (tertiary/aromatic N) is 1. The molecule has 0 saturated carbocycles. The lowest BCUT2D eigenvalue weighted by Gasteiger charge is -2.11. The molecule has 0 aliphatic heterocycles. The lowest BCUT2D eigenvalue weighted by Crippen LogP contribution is -2.13. The highest BCUT2D eigenvalue weighted by Gasteiger charge is 2.10. The van der Waals surface area contributed by atoms with E-state index in [9.17, 15) is 9.59 Å². The van der Waals surface area contributed by atoms with Gasteiger partial charge in [-0.2, -0.15) is 0 Å². The van der Waals surface area contributed by atoms with Gasteiger partial charge in [0.15, 0.2) is 0 Å². The normalized spacial score (nSPS) is 10.2. The van der Waals surface area contributed by atoms with E-state index in [1.165, 1.54) is 7.11 Å². The minimum absolute atomic E-state index is 0.213. The van der Waals surface area contributed by atoms with Gasteiger partial charge in [-0.25, -0.2) is 9.78 Å². The van der Waals surface area contributed by atoms with Crippen molar-refractivity contribution in [3.05, 3.63) is 83.6 Å². The number of amides is 1. The number of hydrogen-bond acceptors (Lipinski definition) is 5. The number of esters is 1. The first kappa shape index (κ1) is 19.1. The summed E-state index contributed by atoms with van der Waals surface area (Å²) in [6, 6.07) is 17.9. The van der Waals surface area contributed by atoms with Gasteiger partial charge in [-0.1, -0.05) is 31.2 Å². The summed E-state index contributed by atoms with van der Waals surface area (Å²) in [5.41, 5.74) is 3.45. The SMILES string of the molecule is CCc1ccccc1NC(=O)c1ccnc(Nc2cccc(C(=O)OC)c2)c1. The first-order valence-corrected chi connectivity index (χ1v) is 8.91. The van der Waals surface area contributed by atoms with Crippen molar-refractivity contribution in [2.75, 3.05) is 17.7 Å². The van der Waals surface area contributed by atoms with Gasteiger partial charge in [-0.05, 0) is 48.4 Å². The third-order valence-corrected chi connectivity index (χ3v) is 4.22. The van der Waals surface area contributed by atoms with Gasteiger partial charge in [0.2, 0.25) is 0 Å². The summed E-state index contributed by atoms with van der Waals surface area (Å²) in [4.78, 5) is 28.6. The Morgan fingerprint density at radius 2 is 1.82 bits per heavy atom. The second kappa shape index (κ2) is 8.81. The molecule has 0 aliphatic rings. The standard InChI is InChI=1S/C22H21N3O3/c1-3-15-7-4-5-10-19(15)25-21(26)16-11-12-23-20(14-16)24-18-9-6-8-17(13-18)22(27)28-2/h4-14H,3H2,1-2H3,(H,23,24)(H,25,26). The fraction of sp³-hybridized carbons (Fsp3) is 0.136. The van der Waals surface area contributed by atoms with E-state index in [1.807, 2.05) is 31.2 Å². The number of carbonyl (C=O) groups excluding carboxylic acids is 2. The third kappa shape index (κ3) is 4.54. The molecule has 3 rings (SSSR count). The van der Waals surface area contributed by atoms with Gasteiger partial charge in [0, 0.05) is 23.1 Å². The summed E-state index contributed by atoms with van der Waals surface area (Å²) < 4.78 is 4.73. The number of ether oxygens (including phenoxy) is 1. The van der Waals surface area contributed by atoms with Crippen molar-refractivity contribution in [1.29, 1.82) is 0 Å². The molecule has 0 fully saturated rings. The first-order chi connectivity index (χ1) is 13.6. The number of rotatable bonds is 6. The number of pyridine rings is 1. The number of hydrogen-bond donors (Lipinski definition) is 2. The van der Waals surface area contributed by atoms with Crippen molar-refractivity contribution < 1.29 is 14.3 Å².